The summed E-state index contributed by atoms with van der Waals surface area (Å²) in [4.78, 5) is 30.5. The smallest absolute Gasteiger partial charge is 0.266 e. The van der Waals surface area contributed by atoms with Crippen LogP contribution >= 0.6 is 11.8 Å². The van der Waals surface area contributed by atoms with Crippen LogP contribution in [0.4, 0.5) is 0 Å². The molecule has 0 bridgehead atoms. The molecule has 1 heterocycles. The quantitative estimate of drug-likeness (QED) is 0.497. The van der Waals surface area contributed by atoms with Crippen LogP contribution in [0, 0.1) is 0 Å². The van der Waals surface area contributed by atoms with Crippen LogP contribution in [0.3, 0.4) is 0 Å². The first-order valence-electron chi connectivity index (χ1n) is 9.72. The average Bonchev–Trinajstić information content (AvgIpc) is 2.65. The van der Waals surface area contributed by atoms with Crippen molar-refractivity contribution in [1.29, 1.82) is 0 Å². The molecule has 0 aliphatic carbocycles. The van der Waals surface area contributed by atoms with Crippen molar-refractivity contribution in [3.8, 4) is 5.69 Å². The number of aromatic nitrogens is 2. The van der Waals surface area contributed by atoms with Crippen molar-refractivity contribution in [1.82, 2.24) is 14.9 Å². The maximum Gasteiger partial charge on any atom is 0.266 e. The molecular formula is C23H27N3O2S. The van der Waals surface area contributed by atoms with Gasteiger partial charge in [-0.05, 0) is 50.5 Å². The van der Waals surface area contributed by atoms with E-state index in [0.717, 1.165) is 11.3 Å². The lowest BCUT2D eigenvalue weighted by atomic mass is 10.0. The van der Waals surface area contributed by atoms with Gasteiger partial charge in [-0.1, -0.05) is 55.9 Å². The number of carbonyl (C=O) groups is 1. The van der Waals surface area contributed by atoms with Crippen LogP contribution in [0.1, 0.15) is 46.1 Å². The van der Waals surface area contributed by atoms with Crippen LogP contribution in [0.15, 0.2) is 58.5 Å². The number of rotatable bonds is 5. The molecule has 0 saturated heterocycles. The first kappa shape index (κ1) is 21.1. The van der Waals surface area contributed by atoms with E-state index in [1.54, 1.807) is 10.6 Å². The fourth-order valence-corrected chi connectivity index (χ4v) is 3.99. The fourth-order valence-electron chi connectivity index (χ4n) is 3.19. The van der Waals surface area contributed by atoms with Crippen molar-refractivity contribution in [3.05, 3.63) is 64.4 Å². The summed E-state index contributed by atoms with van der Waals surface area (Å²) in [6.45, 7) is 10.0. The highest BCUT2D eigenvalue weighted by Gasteiger charge is 2.19. The Kier molecular flexibility index (Phi) is 6.13. The molecule has 0 unspecified atom stereocenters. The molecule has 29 heavy (non-hydrogen) atoms. The molecule has 0 saturated carbocycles. The van der Waals surface area contributed by atoms with E-state index in [9.17, 15) is 9.59 Å². The molecular weight excluding hydrogens is 382 g/mol. The number of hydrogen-bond donors (Lipinski definition) is 1. The largest absolute Gasteiger partial charge is 0.351 e. The topological polar surface area (TPSA) is 64.0 Å². The van der Waals surface area contributed by atoms with Gasteiger partial charge in [0, 0.05) is 5.54 Å². The lowest BCUT2D eigenvalue weighted by Crippen LogP contribution is -2.41. The minimum Gasteiger partial charge on any atom is -0.351 e. The van der Waals surface area contributed by atoms with E-state index >= 15 is 0 Å². The van der Waals surface area contributed by atoms with Gasteiger partial charge in [-0.15, -0.1) is 0 Å². The molecule has 6 heteroatoms. The van der Waals surface area contributed by atoms with Gasteiger partial charge in [0.15, 0.2) is 5.16 Å². The van der Waals surface area contributed by atoms with Gasteiger partial charge in [0.25, 0.3) is 5.56 Å². The van der Waals surface area contributed by atoms with Crippen LogP contribution < -0.4 is 10.9 Å². The molecule has 1 aromatic heterocycles. The molecule has 1 N–H and O–H groups in total. The van der Waals surface area contributed by atoms with Gasteiger partial charge in [-0.2, -0.15) is 0 Å². The molecule has 0 atom stereocenters. The van der Waals surface area contributed by atoms with Crippen LogP contribution in [0.2, 0.25) is 0 Å². The zero-order chi connectivity index (χ0) is 21.2. The van der Waals surface area contributed by atoms with Crippen molar-refractivity contribution in [2.75, 3.05) is 5.75 Å². The Morgan fingerprint density at radius 1 is 1.10 bits per heavy atom. The van der Waals surface area contributed by atoms with Crippen molar-refractivity contribution >= 4 is 28.6 Å². The Balaban J connectivity index is 2.13. The van der Waals surface area contributed by atoms with Crippen molar-refractivity contribution < 1.29 is 4.79 Å². The molecule has 0 spiro atoms. The minimum absolute atomic E-state index is 0.0893. The number of nitrogens with one attached hydrogen (secondary N) is 1. The summed E-state index contributed by atoms with van der Waals surface area (Å²) >= 11 is 1.28. The summed E-state index contributed by atoms with van der Waals surface area (Å²) in [6, 6.07) is 15.2. The van der Waals surface area contributed by atoms with E-state index in [-0.39, 0.29) is 28.7 Å². The number of nitrogens with zero attached hydrogens (tertiary/aromatic N) is 2. The standard InChI is InChI=1S/C23H27N3O2S/c1-15(2)16-10-7-9-13-19(16)26-21(28)17-11-6-8-12-18(17)24-22(26)29-14-20(27)25-23(3,4)5/h6-13,15H,14H2,1-5H3,(H,25,27). The van der Waals surface area contributed by atoms with Gasteiger partial charge in [0.05, 0.1) is 22.3 Å². The predicted octanol–water partition coefficient (Wildman–Crippen LogP) is 4.52. The van der Waals surface area contributed by atoms with E-state index in [0.29, 0.717) is 16.1 Å². The fraction of sp³-hybridized carbons (Fsp3) is 0.348. The first-order valence-corrected chi connectivity index (χ1v) is 10.7. The van der Waals surface area contributed by atoms with Crippen LogP contribution in [-0.4, -0.2) is 26.8 Å². The molecule has 0 aliphatic heterocycles. The average molecular weight is 410 g/mol. The molecule has 2 aromatic carbocycles. The normalized spacial score (nSPS) is 11.8. The zero-order valence-corrected chi connectivity index (χ0v) is 18.3. The van der Waals surface area contributed by atoms with Gasteiger partial charge in [0.1, 0.15) is 0 Å². The maximum atomic E-state index is 13.4. The third kappa shape index (κ3) is 4.88. The summed E-state index contributed by atoms with van der Waals surface area (Å²) in [5.41, 5.74) is 2.08. The summed E-state index contributed by atoms with van der Waals surface area (Å²) in [5.74, 6) is 0.339. The van der Waals surface area contributed by atoms with Gasteiger partial charge < -0.3 is 5.32 Å². The third-order valence-electron chi connectivity index (χ3n) is 4.39. The molecule has 152 valence electrons. The molecule has 3 aromatic rings. The second-order valence-electron chi connectivity index (χ2n) is 8.35. The van der Waals surface area contributed by atoms with E-state index in [1.807, 2.05) is 63.2 Å². The molecule has 5 nitrogen and oxygen atoms in total. The summed E-state index contributed by atoms with van der Waals surface area (Å²) < 4.78 is 1.65. The highest BCUT2D eigenvalue weighted by molar-refractivity contribution is 7.99. The zero-order valence-electron chi connectivity index (χ0n) is 17.5. The van der Waals surface area contributed by atoms with Crippen molar-refractivity contribution in [2.45, 2.75) is 51.2 Å². The Bertz CT molecular complexity index is 1100. The first-order chi connectivity index (χ1) is 13.7. The van der Waals surface area contributed by atoms with Crippen molar-refractivity contribution in [2.24, 2.45) is 0 Å². The number of thioether (sulfide) groups is 1. The molecule has 3 rings (SSSR count). The van der Waals surface area contributed by atoms with Crippen LogP contribution in [0.25, 0.3) is 16.6 Å². The molecule has 1 amide bonds. The second-order valence-corrected chi connectivity index (χ2v) is 9.29. The van der Waals surface area contributed by atoms with Crippen LogP contribution in [0.5, 0.6) is 0 Å². The van der Waals surface area contributed by atoms with Crippen LogP contribution in [-0.2, 0) is 4.79 Å². The summed E-state index contributed by atoms with van der Waals surface area (Å²) in [7, 11) is 0. The number of hydrogen-bond acceptors (Lipinski definition) is 4. The highest BCUT2D eigenvalue weighted by Crippen LogP contribution is 2.27. The Hall–Kier alpha value is -2.60. The highest BCUT2D eigenvalue weighted by atomic mass is 32.2. The number of amides is 1. The molecule has 0 fully saturated rings. The number of fused-ring (bicyclic) bond motifs is 1. The molecule has 0 radical (unpaired) electrons. The van der Waals surface area contributed by atoms with Gasteiger partial charge >= 0.3 is 0 Å². The summed E-state index contributed by atoms with van der Waals surface area (Å²) in [6.07, 6.45) is 0. The van der Waals surface area contributed by atoms with Gasteiger partial charge in [-0.25, -0.2) is 4.98 Å². The van der Waals surface area contributed by atoms with E-state index < -0.39 is 0 Å². The monoisotopic (exact) mass is 409 g/mol. The third-order valence-corrected chi connectivity index (χ3v) is 5.33. The second kappa shape index (κ2) is 8.41. The van der Waals surface area contributed by atoms with E-state index in [2.05, 4.69) is 19.2 Å². The SMILES string of the molecule is CC(C)c1ccccc1-n1c(SCC(=O)NC(C)(C)C)nc2ccccc2c1=O. The predicted molar refractivity (Wildman–Crippen MR) is 120 cm³/mol. The lowest BCUT2D eigenvalue weighted by Gasteiger charge is -2.21. The Labute approximate surface area is 175 Å². The van der Waals surface area contributed by atoms with Gasteiger partial charge in [0.2, 0.25) is 5.91 Å². The maximum absolute atomic E-state index is 13.4. The van der Waals surface area contributed by atoms with Crippen molar-refractivity contribution in [3.63, 3.8) is 0 Å². The lowest BCUT2D eigenvalue weighted by molar-refractivity contribution is -0.119. The van der Waals surface area contributed by atoms with Gasteiger partial charge in [-0.3, -0.25) is 14.2 Å². The number of carbonyl (C=O) groups excluding carboxylic acids is 1. The summed E-state index contributed by atoms with van der Waals surface area (Å²) in [5, 5.41) is 4.04. The van der Waals surface area contributed by atoms with E-state index in [1.165, 1.54) is 11.8 Å². The number of para-hydroxylation sites is 2. The van der Waals surface area contributed by atoms with E-state index in [4.69, 9.17) is 4.98 Å². The number of benzene rings is 2. The molecule has 0 aliphatic rings. The Morgan fingerprint density at radius 3 is 2.45 bits per heavy atom. The Morgan fingerprint density at radius 2 is 1.76 bits per heavy atom. The minimum atomic E-state index is -0.307.